The van der Waals surface area contributed by atoms with Crippen LogP contribution in [0.15, 0.2) is 30.3 Å². The van der Waals surface area contributed by atoms with Gasteiger partial charge in [0.1, 0.15) is 5.54 Å². The number of hydrogen-bond donors (Lipinski definition) is 1. The van der Waals surface area contributed by atoms with E-state index < -0.39 is 11.6 Å². The van der Waals surface area contributed by atoms with Gasteiger partial charge in [0.2, 0.25) is 0 Å². The molecule has 0 aliphatic carbocycles. The van der Waals surface area contributed by atoms with Crippen LogP contribution in [0.5, 0.6) is 0 Å². The van der Waals surface area contributed by atoms with E-state index in [-0.39, 0.29) is 12.5 Å². The molecule has 8 nitrogen and oxygen atoms in total. The summed E-state index contributed by atoms with van der Waals surface area (Å²) in [5, 5.41) is 14.4. The Kier molecular flexibility index (Phi) is 5.29. The summed E-state index contributed by atoms with van der Waals surface area (Å²) in [5.41, 5.74) is 0.229. The predicted octanol–water partition coefficient (Wildman–Crippen LogP) is 1.92. The van der Waals surface area contributed by atoms with E-state index in [4.69, 9.17) is 0 Å². The second-order valence-corrected chi connectivity index (χ2v) is 6.81. The molecule has 8 heteroatoms. The van der Waals surface area contributed by atoms with E-state index in [1.165, 1.54) is 4.90 Å². The third-order valence-electron chi connectivity index (χ3n) is 4.73. The molecule has 3 rings (SSSR count). The van der Waals surface area contributed by atoms with Crippen molar-refractivity contribution in [3.63, 3.8) is 0 Å². The molecular weight excluding hydrogens is 332 g/mol. The van der Waals surface area contributed by atoms with Crippen molar-refractivity contribution in [3.8, 4) is 0 Å². The quantitative estimate of drug-likeness (QED) is 0.730. The van der Waals surface area contributed by atoms with Gasteiger partial charge in [-0.1, -0.05) is 43.7 Å². The largest absolute Gasteiger partial charge is 0.325 e. The van der Waals surface area contributed by atoms with Gasteiger partial charge in [-0.15, -0.1) is 5.10 Å². The molecule has 26 heavy (non-hydrogen) atoms. The number of hydrogen-bond acceptors (Lipinski definition) is 5. The number of unbranched alkanes of at least 4 members (excludes halogenated alkanes) is 1. The molecule has 1 aromatic carbocycles. The van der Waals surface area contributed by atoms with E-state index in [1.54, 1.807) is 11.6 Å². The summed E-state index contributed by atoms with van der Waals surface area (Å²) in [6.07, 6.45) is 3.21. The van der Waals surface area contributed by atoms with E-state index in [2.05, 4.69) is 27.8 Å². The first-order valence-corrected chi connectivity index (χ1v) is 8.96. The average Bonchev–Trinajstić information content (AvgIpc) is 3.17. The number of rotatable bonds is 8. The normalized spacial score (nSPS) is 19.8. The number of carbonyl (C=O) groups is 2. The maximum Gasteiger partial charge on any atom is 0.325 e. The lowest BCUT2D eigenvalue weighted by atomic mass is 9.93. The second-order valence-electron chi connectivity index (χ2n) is 6.81. The number of aromatic nitrogens is 4. The fraction of sp³-hybridized carbons (Fsp3) is 0.500. The number of nitrogens with one attached hydrogen (secondary N) is 1. The molecule has 0 bridgehead atoms. The molecule has 1 aliphatic heterocycles. The van der Waals surface area contributed by atoms with Gasteiger partial charge in [0, 0.05) is 6.54 Å². The van der Waals surface area contributed by atoms with Gasteiger partial charge in [0.25, 0.3) is 5.91 Å². The van der Waals surface area contributed by atoms with E-state index >= 15 is 0 Å². The van der Waals surface area contributed by atoms with Gasteiger partial charge < -0.3 is 5.32 Å². The fourth-order valence-corrected chi connectivity index (χ4v) is 3.06. The van der Waals surface area contributed by atoms with Crippen LogP contribution < -0.4 is 5.32 Å². The van der Waals surface area contributed by atoms with Crippen LogP contribution in [0.3, 0.4) is 0 Å². The number of amides is 3. The zero-order valence-corrected chi connectivity index (χ0v) is 15.2. The van der Waals surface area contributed by atoms with Crippen LogP contribution in [0, 0.1) is 0 Å². The van der Waals surface area contributed by atoms with Gasteiger partial charge in [-0.3, -0.25) is 9.69 Å². The van der Waals surface area contributed by atoms with Crippen molar-refractivity contribution in [1.82, 2.24) is 30.4 Å². The van der Waals surface area contributed by atoms with Gasteiger partial charge in [-0.25, -0.2) is 9.48 Å². The third-order valence-corrected chi connectivity index (χ3v) is 4.73. The van der Waals surface area contributed by atoms with Crippen molar-refractivity contribution < 1.29 is 9.59 Å². The van der Waals surface area contributed by atoms with Crippen LogP contribution in [0.1, 0.15) is 44.5 Å². The molecule has 1 saturated heterocycles. The van der Waals surface area contributed by atoms with Crippen LogP contribution in [-0.4, -0.2) is 42.6 Å². The highest BCUT2D eigenvalue weighted by molar-refractivity contribution is 6.06. The topological polar surface area (TPSA) is 93.0 Å². The first-order valence-electron chi connectivity index (χ1n) is 8.96. The maximum atomic E-state index is 12.9. The van der Waals surface area contributed by atoms with Crippen molar-refractivity contribution >= 4 is 11.9 Å². The Morgan fingerprint density at radius 1 is 1.19 bits per heavy atom. The minimum Gasteiger partial charge on any atom is -0.323 e. The molecule has 1 aromatic heterocycles. The van der Waals surface area contributed by atoms with Crippen molar-refractivity contribution in [3.05, 3.63) is 41.7 Å². The van der Waals surface area contributed by atoms with Crippen LogP contribution in [0.25, 0.3) is 0 Å². The summed E-state index contributed by atoms with van der Waals surface area (Å²) in [6.45, 7) is 4.62. The van der Waals surface area contributed by atoms with Gasteiger partial charge in [-0.05, 0) is 42.2 Å². The number of tetrazole rings is 1. The average molecular weight is 356 g/mol. The van der Waals surface area contributed by atoms with Crippen LogP contribution in [-0.2, 0) is 24.3 Å². The molecule has 1 N–H and O–H groups in total. The van der Waals surface area contributed by atoms with Crippen molar-refractivity contribution in [2.24, 2.45) is 0 Å². The smallest absolute Gasteiger partial charge is 0.323 e. The molecule has 0 saturated carbocycles. The predicted molar refractivity (Wildman–Crippen MR) is 95.0 cm³/mol. The summed E-state index contributed by atoms with van der Waals surface area (Å²) in [7, 11) is 0. The second kappa shape index (κ2) is 7.63. The van der Waals surface area contributed by atoms with Crippen molar-refractivity contribution in [1.29, 1.82) is 0 Å². The number of imide groups is 1. The molecule has 0 spiro atoms. The molecule has 1 atom stereocenters. The van der Waals surface area contributed by atoms with Crippen LogP contribution in [0.2, 0.25) is 0 Å². The molecular formula is C18H24N6O2. The number of nitrogens with zero attached hydrogens (tertiary/aromatic N) is 5. The molecule has 2 aromatic rings. The molecule has 3 amide bonds. The summed E-state index contributed by atoms with van der Waals surface area (Å²) < 4.78 is 1.66. The Labute approximate surface area is 152 Å². The Morgan fingerprint density at radius 2 is 1.96 bits per heavy atom. The Balaban J connectivity index is 1.67. The highest BCUT2D eigenvalue weighted by atomic mass is 16.2. The van der Waals surface area contributed by atoms with Crippen LogP contribution in [0.4, 0.5) is 4.79 Å². The van der Waals surface area contributed by atoms with Crippen molar-refractivity contribution in [2.45, 2.75) is 58.2 Å². The molecule has 0 unspecified atom stereocenters. The lowest BCUT2D eigenvalue weighted by molar-refractivity contribution is -0.131. The zero-order valence-electron chi connectivity index (χ0n) is 15.2. The summed E-state index contributed by atoms with van der Waals surface area (Å²) in [6, 6.07) is 9.53. The SMILES string of the molecule is CCCCn1nnnc1CN1C(=O)N[C@](C)(CCc2ccccc2)C1=O. The number of urea groups is 1. The minimum absolute atomic E-state index is 0.0856. The molecule has 2 heterocycles. The van der Waals surface area contributed by atoms with Gasteiger partial charge in [0.05, 0.1) is 6.54 Å². The highest BCUT2D eigenvalue weighted by Gasteiger charge is 2.47. The number of aryl methyl sites for hydroxylation is 2. The van der Waals surface area contributed by atoms with Gasteiger partial charge in [-0.2, -0.15) is 0 Å². The van der Waals surface area contributed by atoms with Gasteiger partial charge >= 0.3 is 6.03 Å². The Morgan fingerprint density at radius 3 is 2.69 bits per heavy atom. The third kappa shape index (κ3) is 3.74. The monoisotopic (exact) mass is 356 g/mol. The highest BCUT2D eigenvalue weighted by Crippen LogP contribution is 2.24. The van der Waals surface area contributed by atoms with E-state index in [0.29, 0.717) is 25.2 Å². The zero-order chi connectivity index (χ0) is 18.6. The van der Waals surface area contributed by atoms with E-state index in [1.807, 2.05) is 30.3 Å². The Hall–Kier alpha value is -2.77. The number of benzene rings is 1. The number of carbonyl (C=O) groups excluding carboxylic acids is 2. The van der Waals surface area contributed by atoms with Crippen molar-refractivity contribution in [2.75, 3.05) is 0 Å². The standard InChI is InChI=1S/C18H24N6O2/c1-3-4-12-24-15(20-21-22-24)13-23-16(25)18(2,19-17(23)26)11-10-14-8-6-5-7-9-14/h5-9H,3-4,10-13H2,1-2H3,(H,19,26)/t18-/m1/s1. The van der Waals surface area contributed by atoms with E-state index in [9.17, 15) is 9.59 Å². The molecule has 1 fully saturated rings. The van der Waals surface area contributed by atoms with Gasteiger partial charge in [0.15, 0.2) is 5.82 Å². The maximum absolute atomic E-state index is 12.9. The lowest BCUT2D eigenvalue weighted by Gasteiger charge is -2.21. The fourth-order valence-electron chi connectivity index (χ4n) is 3.06. The molecule has 0 radical (unpaired) electrons. The molecule has 138 valence electrons. The minimum atomic E-state index is -0.908. The Bertz CT molecular complexity index is 775. The van der Waals surface area contributed by atoms with E-state index in [0.717, 1.165) is 18.4 Å². The van der Waals surface area contributed by atoms with Crippen LogP contribution >= 0.6 is 0 Å². The summed E-state index contributed by atoms with van der Waals surface area (Å²) in [4.78, 5) is 26.5. The molecule has 1 aliphatic rings. The first-order chi connectivity index (χ1) is 12.5. The lowest BCUT2D eigenvalue weighted by Crippen LogP contribution is -2.44. The summed E-state index contributed by atoms with van der Waals surface area (Å²) in [5.74, 6) is 0.290. The summed E-state index contributed by atoms with van der Waals surface area (Å²) >= 11 is 0. The first kappa shape index (κ1) is 18.0.